The zero-order chi connectivity index (χ0) is 19.8. The van der Waals surface area contributed by atoms with Crippen molar-refractivity contribution < 1.29 is 14.4 Å². The number of hydrogen-bond acceptors (Lipinski definition) is 3. The van der Waals surface area contributed by atoms with Crippen LogP contribution in [-0.2, 0) is 14.4 Å². The van der Waals surface area contributed by atoms with Crippen LogP contribution in [0.25, 0.3) is 0 Å². The summed E-state index contributed by atoms with van der Waals surface area (Å²) in [5.74, 6) is 0.703. The summed E-state index contributed by atoms with van der Waals surface area (Å²) in [6.45, 7) is 14.4. The van der Waals surface area contributed by atoms with Crippen molar-refractivity contribution in [2.75, 3.05) is 26.7 Å². The molecule has 1 saturated heterocycles. The van der Waals surface area contributed by atoms with Gasteiger partial charge in [0.25, 0.3) is 0 Å². The number of nitrogens with zero attached hydrogens (tertiary/aromatic N) is 2. The van der Waals surface area contributed by atoms with Crippen LogP contribution in [0.15, 0.2) is 0 Å². The molecule has 2 amide bonds. The highest BCUT2D eigenvalue weighted by Gasteiger charge is 2.26. The second-order valence-electron chi connectivity index (χ2n) is 6.28. The number of hydrogen-bond donors (Lipinski definition) is 0. The maximum absolute atomic E-state index is 11.9. The quantitative estimate of drug-likeness (QED) is 0.467. The minimum atomic E-state index is -0.234. The van der Waals surface area contributed by atoms with E-state index in [-0.39, 0.29) is 24.2 Å². The molecule has 0 aliphatic carbocycles. The molecule has 0 saturated carbocycles. The first-order chi connectivity index (χ1) is 12.0. The van der Waals surface area contributed by atoms with Gasteiger partial charge in [-0.2, -0.15) is 0 Å². The molecule has 0 radical (unpaired) electrons. The van der Waals surface area contributed by atoms with Crippen molar-refractivity contribution in [2.45, 2.75) is 73.6 Å². The van der Waals surface area contributed by atoms with Gasteiger partial charge in [0.15, 0.2) is 0 Å². The number of unbranched alkanes of at least 4 members (excludes halogenated alkanes) is 2. The maximum atomic E-state index is 11.9. The zero-order valence-electron chi connectivity index (χ0n) is 17.5. The van der Waals surface area contributed by atoms with Gasteiger partial charge in [-0.15, -0.1) is 0 Å². The van der Waals surface area contributed by atoms with E-state index in [0.717, 1.165) is 38.6 Å². The van der Waals surface area contributed by atoms with Crippen molar-refractivity contribution in [1.82, 2.24) is 9.80 Å². The third-order valence-electron chi connectivity index (χ3n) is 4.05. The van der Waals surface area contributed by atoms with E-state index in [1.165, 1.54) is 0 Å². The minimum Gasteiger partial charge on any atom is -0.346 e. The van der Waals surface area contributed by atoms with Crippen LogP contribution in [0.4, 0.5) is 0 Å². The Morgan fingerprint density at radius 1 is 1.12 bits per heavy atom. The molecule has 0 aromatic rings. The molecule has 1 heterocycles. The van der Waals surface area contributed by atoms with Gasteiger partial charge >= 0.3 is 0 Å². The molecular formula is C20H40N2O3. The topological polar surface area (TPSA) is 57.7 Å². The number of carbonyl (C=O) groups is 3. The van der Waals surface area contributed by atoms with Crippen LogP contribution in [0.3, 0.4) is 0 Å². The zero-order valence-corrected chi connectivity index (χ0v) is 17.5. The van der Waals surface area contributed by atoms with Gasteiger partial charge in [-0.3, -0.25) is 9.59 Å². The Bertz CT molecular complexity index is 366. The van der Waals surface area contributed by atoms with Crippen LogP contribution < -0.4 is 0 Å². The average molecular weight is 357 g/mol. The summed E-state index contributed by atoms with van der Waals surface area (Å²) in [6, 6.07) is 0. The van der Waals surface area contributed by atoms with E-state index in [2.05, 4.69) is 6.92 Å². The number of amides is 2. The molecule has 0 aromatic heterocycles. The van der Waals surface area contributed by atoms with Gasteiger partial charge in [0.2, 0.25) is 11.8 Å². The number of rotatable bonds is 9. The molecule has 0 N–H and O–H groups in total. The van der Waals surface area contributed by atoms with Gasteiger partial charge in [0.05, 0.1) is 0 Å². The van der Waals surface area contributed by atoms with E-state index in [0.29, 0.717) is 18.9 Å². The van der Waals surface area contributed by atoms with E-state index in [1.807, 2.05) is 32.6 Å². The smallest absolute Gasteiger partial charge is 0.225 e. The first-order valence-electron chi connectivity index (χ1n) is 9.92. The lowest BCUT2D eigenvalue weighted by Gasteiger charge is -2.37. The summed E-state index contributed by atoms with van der Waals surface area (Å²) >= 11 is 0. The molecule has 0 spiro atoms. The fraction of sp³-hybridized carbons (Fsp3) is 0.850. The van der Waals surface area contributed by atoms with Crippen LogP contribution in [0, 0.1) is 11.8 Å². The Morgan fingerprint density at radius 2 is 1.68 bits per heavy atom. The number of carbonyl (C=O) groups excluding carboxylic acids is 3. The highest BCUT2D eigenvalue weighted by Crippen LogP contribution is 2.16. The first kappa shape index (κ1) is 25.8. The Hall–Kier alpha value is -1.39. The summed E-state index contributed by atoms with van der Waals surface area (Å²) in [4.78, 5) is 37.7. The molecule has 5 heteroatoms. The molecule has 1 fully saturated rings. The maximum Gasteiger partial charge on any atom is 0.225 e. The largest absolute Gasteiger partial charge is 0.346 e. The molecule has 1 rings (SSSR count). The van der Waals surface area contributed by atoms with Crippen LogP contribution in [-0.4, -0.2) is 54.6 Å². The van der Waals surface area contributed by atoms with Crippen molar-refractivity contribution >= 4 is 18.1 Å². The minimum absolute atomic E-state index is 0.0211. The Morgan fingerprint density at radius 3 is 2.16 bits per heavy atom. The fourth-order valence-electron chi connectivity index (χ4n) is 2.59. The van der Waals surface area contributed by atoms with Gasteiger partial charge in [-0.05, 0) is 18.8 Å². The Kier molecular flexibility index (Phi) is 16.6. The normalized spacial score (nSPS) is 14.1. The van der Waals surface area contributed by atoms with Crippen LogP contribution in [0.5, 0.6) is 0 Å². The van der Waals surface area contributed by atoms with Gasteiger partial charge in [-0.25, -0.2) is 0 Å². The molecule has 148 valence electrons. The first-order valence-corrected chi connectivity index (χ1v) is 9.92. The van der Waals surface area contributed by atoms with Crippen molar-refractivity contribution in [1.29, 1.82) is 0 Å². The molecular weight excluding hydrogens is 316 g/mol. The second kappa shape index (κ2) is 16.1. The van der Waals surface area contributed by atoms with E-state index >= 15 is 0 Å². The third kappa shape index (κ3) is 11.0. The molecule has 25 heavy (non-hydrogen) atoms. The summed E-state index contributed by atoms with van der Waals surface area (Å²) in [6.07, 6.45) is 4.43. The summed E-state index contributed by atoms with van der Waals surface area (Å²) in [5.41, 5.74) is 0. The lowest BCUT2D eigenvalue weighted by Crippen LogP contribution is -2.48. The third-order valence-corrected chi connectivity index (χ3v) is 4.05. The highest BCUT2D eigenvalue weighted by atomic mass is 16.2. The molecule has 0 aromatic carbocycles. The van der Waals surface area contributed by atoms with E-state index < -0.39 is 0 Å². The molecule has 1 aliphatic heterocycles. The molecule has 5 nitrogen and oxygen atoms in total. The lowest BCUT2D eigenvalue weighted by atomic mass is 10.0. The van der Waals surface area contributed by atoms with Crippen molar-refractivity contribution in [3.8, 4) is 0 Å². The van der Waals surface area contributed by atoms with Gasteiger partial charge in [-0.1, -0.05) is 48.0 Å². The van der Waals surface area contributed by atoms with E-state index in [4.69, 9.17) is 0 Å². The van der Waals surface area contributed by atoms with E-state index in [9.17, 15) is 14.4 Å². The van der Waals surface area contributed by atoms with Crippen LogP contribution in [0.2, 0.25) is 0 Å². The van der Waals surface area contributed by atoms with Crippen molar-refractivity contribution in [2.24, 2.45) is 11.8 Å². The van der Waals surface area contributed by atoms with Gasteiger partial charge in [0.1, 0.15) is 6.29 Å². The second-order valence-corrected chi connectivity index (χ2v) is 6.28. The molecule has 1 aliphatic rings. The average Bonchev–Trinajstić information content (AvgIpc) is 2.61. The van der Waals surface area contributed by atoms with Gasteiger partial charge in [0, 0.05) is 45.4 Å². The van der Waals surface area contributed by atoms with Crippen LogP contribution in [0.1, 0.15) is 73.6 Å². The van der Waals surface area contributed by atoms with Crippen molar-refractivity contribution in [3.05, 3.63) is 0 Å². The number of likely N-dealkylation sites (tertiary alicyclic amines) is 1. The monoisotopic (exact) mass is 356 g/mol. The summed E-state index contributed by atoms with van der Waals surface area (Å²) < 4.78 is 0. The predicted octanol–water partition coefficient (Wildman–Crippen LogP) is 3.76. The Balaban J connectivity index is 0. The Labute approximate surface area is 155 Å². The lowest BCUT2D eigenvalue weighted by molar-refractivity contribution is -0.137. The van der Waals surface area contributed by atoms with E-state index in [1.54, 1.807) is 18.9 Å². The standard InChI is InChI=1S/C16H28N2O3.2C2H6/c1-13-11-18(12-13)15(20)7-5-4-6-9-17(3)16(21)14(2)8-10-19;2*1-2/h10,13-14H,4-9,11-12H2,1-3H3;2*1-2H3. The molecule has 1 unspecified atom stereocenters. The highest BCUT2D eigenvalue weighted by molar-refractivity contribution is 5.80. The predicted molar refractivity (Wildman–Crippen MR) is 104 cm³/mol. The van der Waals surface area contributed by atoms with Crippen LogP contribution >= 0.6 is 0 Å². The summed E-state index contributed by atoms with van der Waals surface area (Å²) in [5, 5.41) is 0. The van der Waals surface area contributed by atoms with Gasteiger partial charge < -0.3 is 14.6 Å². The van der Waals surface area contributed by atoms with Crippen molar-refractivity contribution in [3.63, 3.8) is 0 Å². The SMILES string of the molecule is CC.CC.CC1CN(C(=O)CCCCCN(C)C(=O)C(C)CC=O)C1. The summed E-state index contributed by atoms with van der Waals surface area (Å²) in [7, 11) is 1.77. The number of aldehydes is 1. The fourth-order valence-corrected chi connectivity index (χ4v) is 2.59. The molecule has 0 bridgehead atoms. The molecule has 1 atom stereocenters.